The van der Waals surface area contributed by atoms with Crippen molar-refractivity contribution in [1.82, 2.24) is 0 Å². The van der Waals surface area contributed by atoms with Gasteiger partial charge in [0.15, 0.2) is 0 Å². The molecule has 528 valence electrons. The number of furan rings is 3. The van der Waals surface area contributed by atoms with E-state index in [-0.39, 0.29) is 32.5 Å². The summed E-state index contributed by atoms with van der Waals surface area (Å²) in [5.41, 5.74) is 8.09. The van der Waals surface area contributed by atoms with Crippen LogP contribution >= 0.6 is 34.0 Å². The van der Waals surface area contributed by atoms with Crippen molar-refractivity contribution < 1.29 is 13.3 Å². The van der Waals surface area contributed by atoms with Gasteiger partial charge in [0.05, 0.1) is 12.5 Å². The van der Waals surface area contributed by atoms with E-state index in [0.717, 1.165) is 23.0 Å². The van der Waals surface area contributed by atoms with Gasteiger partial charge in [0.2, 0.25) is 0 Å². The second-order valence-corrected chi connectivity index (χ2v) is 37.0. The fourth-order valence-electron chi connectivity index (χ4n) is 6.78. The quantitative estimate of drug-likeness (QED) is 0.152. The molecule has 0 spiro atoms. The van der Waals surface area contributed by atoms with Gasteiger partial charge < -0.3 is 13.3 Å². The van der Waals surface area contributed by atoms with Crippen molar-refractivity contribution in [3.63, 3.8) is 0 Å². The Morgan fingerprint density at radius 2 is 0.433 bits per heavy atom. The lowest BCUT2D eigenvalue weighted by molar-refractivity contribution is 0.344. The van der Waals surface area contributed by atoms with Crippen molar-refractivity contribution in [2.24, 2.45) is 0 Å². The Morgan fingerprint density at radius 1 is 0.222 bits per heavy atom. The van der Waals surface area contributed by atoms with Crippen LogP contribution in [0.5, 0.6) is 0 Å². The number of hydrogen-bond acceptors (Lipinski definition) is 6. The molecule has 0 aliphatic rings. The molecule has 3 nitrogen and oxygen atoms in total. The summed E-state index contributed by atoms with van der Waals surface area (Å²) in [7, 11) is 0. The molecule has 0 saturated carbocycles. The summed E-state index contributed by atoms with van der Waals surface area (Å²) in [6.45, 7) is 104. The molecule has 0 unspecified atom stereocenters. The highest BCUT2D eigenvalue weighted by Crippen LogP contribution is 2.38. The van der Waals surface area contributed by atoms with E-state index in [0.29, 0.717) is 32.5 Å². The van der Waals surface area contributed by atoms with Gasteiger partial charge in [0.1, 0.15) is 23.0 Å². The first kappa shape index (κ1) is 98.0. The van der Waals surface area contributed by atoms with E-state index in [1.54, 1.807) is 0 Å². The lowest BCUT2D eigenvalue weighted by atomic mass is 9.86. The predicted molar refractivity (Wildman–Crippen MR) is 422 cm³/mol. The van der Waals surface area contributed by atoms with Crippen LogP contribution in [0.25, 0.3) is 0 Å². The van der Waals surface area contributed by atoms with Crippen LogP contribution in [0, 0.1) is 0 Å². The highest BCUT2D eigenvalue weighted by molar-refractivity contribution is 7.12. The van der Waals surface area contributed by atoms with Gasteiger partial charge in [-0.3, -0.25) is 0 Å². The van der Waals surface area contributed by atoms with E-state index < -0.39 is 0 Å². The van der Waals surface area contributed by atoms with Crippen LogP contribution < -0.4 is 0 Å². The Balaban J connectivity index is -0.000000227. The van der Waals surface area contributed by atoms with Crippen LogP contribution in [0.3, 0.4) is 0 Å². The zero-order valence-electron chi connectivity index (χ0n) is 69.4. The molecule has 0 amide bonds. The van der Waals surface area contributed by atoms with Gasteiger partial charge in [-0.1, -0.05) is 332 Å². The average molecular weight is 1310 g/mol. The minimum absolute atomic E-state index is 0.115. The highest BCUT2D eigenvalue weighted by atomic mass is 32.1. The first-order valence-electron chi connectivity index (χ1n) is 34.9. The molecule has 6 aromatic heterocycles. The molecule has 0 radical (unpaired) electrons. The fourth-order valence-corrected chi connectivity index (χ4v) is 10.3. The zero-order chi connectivity index (χ0) is 73.7. The summed E-state index contributed by atoms with van der Waals surface area (Å²) >= 11 is 5.71. The van der Waals surface area contributed by atoms with Gasteiger partial charge in [-0.25, -0.2) is 0 Å². The number of thiophene rings is 3. The Bertz CT molecular complexity index is 2000. The second-order valence-electron chi connectivity index (χ2n) is 34.1. The molecule has 6 heterocycles. The summed E-state index contributed by atoms with van der Waals surface area (Å²) in [6, 6.07) is 17.7. The molecule has 0 atom stereocenters. The van der Waals surface area contributed by atoms with E-state index >= 15 is 0 Å². The van der Waals surface area contributed by atoms with E-state index in [1.165, 1.54) is 41.8 Å². The van der Waals surface area contributed by atoms with Crippen LogP contribution in [0.4, 0.5) is 0 Å². The molecule has 90 heavy (non-hydrogen) atoms. The maximum Gasteiger partial charge on any atom is 0.109 e. The molecule has 0 N–H and O–H groups in total. The molecular weight excluding hydrogens is 1150 g/mol. The van der Waals surface area contributed by atoms with E-state index in [2.05, 4.69) is 309 Å². The highest BCUT2D eigenvalue weighted by Gasteiger charge is 2.27. The van der Waals surface area contributed by atoms with Crippen LogP contribution in [-0.4, -0.2) is 0 Å². The fraction of sp³-hybridized carbons (Fsp3) is 0.714. The Labute approximate surface area is 577 Å². The van der Waals surface area contributed by atoms with Crippen LogP contribution in [-0.2, 0) is 65.0 Å². The lowest BCUT2D eigenvalue weighted by Crippen LogP contribution is -2.11. The third kappa shape index (κ3) is 39.6. The Hall–Kier alpha value is -3.06. The maximum atomic E-state index is 5.81. The summed E-state index contributed by atoms with van der Waals surface area (Å²) in [4.78, 5) is 5.93. The second kappa shape index (κ2) is 41.0. The van der Waals surface area contributed by atoms with E-state index in [4.69, 9.17) is 13.3 Å². The van der Waals surface area contributed by atoms with Crippen LogP contribution in [0.1, 0.15) is 397 Å². The van der Waals surface area contributed by atoms with Crippen molar-refractivity contribution >= 4 is 34.0 Å². The molecule has 0 aliphatic heterocycles. The molecule has 0 saturated heterocycles. The largest absolute Gasteiger partial charge is 0.468 e. The Kier molecular flexibility index (Phi) is 44.7. The van der Waals surface area contributed by atoms with Crippen molar-refractivity contribution in [2.45, 2.75) is 397 Å². The summed E-state index contributed by atoms with van der Waals surface area (Å²) in [5, 5.41) is 4.58. The molecule has 0 aromatic carbocycles. The minimum atomic E-state index is 0.115. The smallest absolute Gasteiger partial charge is 0.109 e. The van der Waals surface area contributed by atoms with E-state index in [1.807, 2.05) is 130 Å². The topological polar surface area (TPSA) is 39.4 Å². The zero-order valence-corrected chi connectivity index (χ0v) is 71.8. The lowest BCUT2D eigenvalue weighted by Gasteiger charge is -2.18. The van der Waals surface area contributed by atoms with Gasteiger partial charge in [0.25, 0.3) is 0 Å². The molecule has 6 rings (SSSR count). The first-order chi connectivity index (χ1) is 40.3. The van der Waals surface area contributed by atoms with Crippen molar-refractivity contribution in [2.75, 3.05) is 0 Å². The van der Waals surface area contributed by atoms with Gasteiger partial charge in [0, 0.05) is 41.2 Å². The standard InChI is InChI=1S/3C12H20O.3C12H20S.6C2H6/c2*1-11(2,3)9-7-10(13-8-9)12(4,5)6;1-11(2,3)9-7-8-10(13-9)12(4,5)6;2*1-11(2,3)9-7-10(13-8-9)12(4,5)6;1-11(2,3)9-7-8-10(13-9)12(4,5)6;6*1-2/h6*7-8H,1-6H3;6*1-2H3. The third-order valence-corrected chi connectivity index (χ3v) is 17.6. The minimum Gasteiger partial charge on any atom is -0.468 e. The SMILES string of the molecule is CC.CC.CC.CC.CC.CC.CC(C)(C)c1ccc(C(C)(C)C)o1.CC(C)(C)c1ccc(C(C)(C)C)s1.CC(C)(C)c1coc(C(C)(C)C)c1.CC(C)(C)c1coc(C(C)(C)C)c1.CC(C)(C)c1csc(C(C)(C)C)c1.CC(C)(C)c1csc(C(C)(C)C)c1. The maximum absolute atomic E-state index is 5.81. The first-order valence-corrected chi connectivity index (χ1v) is 37.4. The van der Waals surface area contributed by atoms with Gasteiger partial charge in [-0.15, -0.1) is 34.0 Å². The third-order valence-electron chi connectivity index (χ3n) is 13.0. The predicted octanol–water partition coefficient (Wildman–Crippen LogP) is 30.8. The molecule has 0 aliphatic carbocycles. The van der Waals surface area contributed by atoms with Gasteiger partial charge in [-0.2, -0.15) is 0 Å². The van der Waals surface area contributed by atoms with Crippen LogP contribution in [0.15, 0.2) is 85.1 Å². The molecule has 6 heteroatoms. The molecular formula is C84H156O3S3. The van der Waals surface area contributed by atoms with Gasteiger partial charge in [-0.05, 0) is 125 Å². The normalized spacial score (nSPS) is 12.0. The van der Waals surface area contributed by atoms with Crippen molar-refractivity contribution in [3.05, 3.63) is 137 Å². The summed E-state index contributed by atoms with van der Waals surface area (Å²) < 4.78 is 16.9. The molecule has 0 bridgehead atoms. The molecule has 6 aromatic rings. The molecule has 0 fully saturated rings. The summed E-state index contributed by atoms with van der Waals surface area (Å²) in [6.07, 6.45) is 3.75. The van der Waals surface area contributed by atoms with Crippen molar-refractivity contribution in [3.8, 4) is 0 Å². The number of rotatable bonds is 0. The van der Waals surface area contributed by atoms with Crippen LogP contribution in [0.2, 0.25) is 0 Å². The van der Waals surface area contributed by atoms with E-state index in [9.17, 15) is 0 Å². The monoisotopic (exact) mass is 1310 g/mol. The van der Waals surface area contributed by atoms with Crippen molar-refractivity contribution in [1.29, 1.82) is 0 Å². The average Bonchev–Trinajstić information content (AvgIpc) is 2.39. The summed E-state index contributed by atoms with van der Waals surface area (Å²) in [5.74, 6) is 4.27. The Morgan fingerprint density at radius 3 is 0.544 bits per heavy atom. The van der Waals surface area contributed by atoms with Gasteiger partial charge >= 0.3 is 0 Å². The number of hydrogen-bond donors (Lipinski definition) is 0.